The third kappa shape index (κ3) is 12.2. The van der Waals surface area contributed by atoms with Crippen LogP contribution in [0, 0.1) is 11.8 Å². The van der Waals surface area contributed by atoms with Crippen molar-refractivity contribution in [3.8, 4) is 5.75 Å². The average molecular weight is 947 g/mol. The number of hydrogen-bond acceptors (Lipinski definition) is 14. The first-order valence-electron chi connectivity index (χ1n) is 21.5. The number of nitrogens with two attached hydrogens (primary N) is 1. The van der Waals surface area contributed by atoms with Crippen LogP contribution in [0.4, 0.5) is 0 Å². The number of hydrogen-bond donors (Lipinski definition) is 12. The van der Waals surface area contributed by atoms with E-state index in [2.05, 4.69) is 42.2 Å². The van der Waals surface area contributed by atoms with Gasteiger partial charge in [-0.2, -0.15) is 0 Å². The van der Waals surface area contributed by atoms with Crippen molar-refractivity contribution in [2.45, 2.75) is 107 Å². The van der Waals surface area contributed by atoms with E-state index in [0.717, 1.165) is 4.90 Å². The minimum absolute atomic E-state index is 0.102. The van der Waals surface area contributed by atoms with Crippen LogP contribution in [0.1, 0.15) is 52.5 Å². The number of aromatic amines is 1. The minimum Gasteiger partial charge on any atom is -0.494 e. The number of aliphatic hydroxyl groups is 3. The number of nitrogens with zero attached hydrogens (tertiary/aromatic N) is 1. The van der Waals surface area contributed by atoms with Gasteiger partial charge in [0, 0.05) is 36.8 Å². The van der Waals surface area contributed by atoms with Crippen LogP contribution in [0.5, 0.6) is 5.75 Å². The van der Waals surface area contributed by atoms with Gasteiger partial charge in [-0.25, -0.2) is 0 Å². The van der Waals surface area contributed by atoms with Crippen LogP contribution in [0.2, 0.25) is 0 Å². The monoisotopic (exact) mass is 946 g/mol. The molecule has 1 saturated heterocycles. The van der Waals surface area contributed by atoms with E-state index in [1.54, 1.807) is 39.0 Å². The summed E-state index contributed by atoms with van der Waals surface area (Å²) in [5, 5.41) is 48.9. The predicted octanol–water partition coefficient (Wildman–Crippen LogP) is -5.23. The zero-order valence-corrected chi connectivity index (χ0v) is 37.7. The van der Waals surface area contributed by atoms with Crippen LogP contribution in [0.15, 0.2) is 23.2 Å². The summed E-state index contributed by atoms with van der Waals surface area (Å²) in [4.78, 5) is 128. The molecule has 11 atom stereocenters. The van der Waals surface area contributed by atoms with Gasteiger partial charge in [0.05, 0.1) is 67.0 Å². The summed E-state index contributed by atoms with van der Waals surface area (Å²) in [5.41, 5.74) is 5.98. The van der Waals surface area contributed by atoms with Crippen molar-refractivity contribution in [1.82, 2.24) is 47.1 Å². The molecule has 1 aromatic carbocycles. The van der Waals surface area contributed by atoms with Gasteiger partial charge >= 0.3 is 0 Å². The Hall–Kier alpha value is -6.18. The van der Waals surface area contributed by atoms with E-state index in [4.69, 9.17) is 10.5 Å². The summed E-state index contributed by atoms with van der Waals surface area (Å²) in [6.07, 6.45) is -4.33. The van der Waals surface area contributed by atoms with Gasteiger partial charge in [-0.3, -0.25) is 47.4 Å². The molecule has 11 unspecified atom stereocenters. The molecule has 3 aliphatic rings. The third-order valence-corrected chi connectivity index (χ3v) is 13.3. The fourth-order valence-corrected chi connectivity index (χ4v) is 9.34. The molecule has 0 saturated carbocycles. The Morgan fingerprint density at radius 3 is 2.21 bits per heavy atom. The van der Waals surface area contributed by atoms with E-state index in [-0.39, 0.29) is 17.2 Å². The van der Waals surface area contributed by atoms with Crippen LogP contribution in [-0.4, -0.2) is 170 Å². The average Bonchev–Trinajstić information content (AvgIpc) is 3.85. The molecular weight excluding hydrogens is 889 g/mol. The van der Waals surface area contributed by atoms with E-state index in [0.29, 0.717) is 23.1 Å². The van der Waals surface area contributed by atoms with Gasteiger partial charge in [-0.1, -0.05) is 27.2 Å². The first-order chi connectivity index (χ1) is 31.3. The fraction of sp³-hybridized carbons (Fsp3) is 0.585. The highest BCUT2D eigenvalue weighted by molar-refractivity contribution is 7.85. The first kappa shape index (κ1) is 50.8. The second-order valence-electron chi connectivity index (χ2n) is 16.6. The smallest absolute Gasteiger partial charge is 0.246 e. The van der Waals surface area contributed by atoms with Crippen molar-refractivity contribution in [2.75, 3.05) is 38.6 Å². The number of H-pyrrole nitrogens is 1. The summed E-state index contributed by atoms with van der Waals surface area (Å²) >= 11 is 0. The summed E-state index contributed by atoms with van der Waals surface area (Å²) in [7, 11) is -2.34. The van der Waals surface area contributed by atoms with Crippen LogP contribution >= 0.6 is 0 Å². The molecule has 24 nitrogen and oxygen atoms in total. The van der Waals surface area contributed by atoms with E-state index in [1.807, 2.05) is 0 Å². The Bertz CT molecular complexity index is 2240. The summed E-state index contributed by atoms with van der Waals surface area (Å²) < 4.78 is 20.4. The van der Waals surface area contributed by atoms with Crippen molar-refractivity contribution >= 4 is 74.9 Å². The molecule has 0 aliphatic carbocycles. The molecule has 1 fully saturated rings. The van der Waals surface area contributed by atoms with Gasteiger partial charge in [-0.05, 0) is 30.5 Å². The lowest BCUT2D eigenvalue weighted by Gasteiger charge is -2.32. The summed E-state index contributed by atoms with van der Waals surface area (Å²) in [5.74, 6) is -11.2. The molecule has 3 aliphatic heterocycles. The highest BCUT2D eigenvalue weighted by atomic mass is 32.2. The summed E-state index contributed by atoms with van der Waals surface area (Å²) in [6, 6.07) is -5.10. The number of amides is 9. The van der Waals surface area contributed by atoms with Crippen molar-refractivity contribution in [1.29, 1.82) is 0 Å². The number of carbonyl (C=O) groups excluding carboxylic acids is 9. The van der Waals surface area contributed by atoms with Crippen LogP contribution in [0.3, 0.4) is 0 Å². The van der Waals surface area contributed by atoms with Gasteiger partial charge in [0.2, 0.25) is 53.2 Å². The number of fused-ring (bicyclic) bond motifs is 5. The highest BCUT2D eigenvalue weighted by Gasteiger charge is 2.45. The largest absolute Gasteiger partial charge is 0.494 e. The predicted molar refractivity (Wildman–Crippen MR) is 232 cm³/mol. The zero-order chi connectivity index (χ0) is 48.6. The minimum atomic E-state index is -2.34. The molecule has 5 rings (SSSR count). The number of benzene rings is 1. The Morgan fingerprint density at radius 2 is 1.56 bits per heavy atom. The zero-order valence-electron chi connectivity index (χ0n) is 36.8. The third-order valence-electron chi connectivity index (χ3n) is 11.8. The highest BCUT2D eigenvalue weighted by Crippen LogP contribution is 2.30. The second-order valence-corrected chi connectivity index (χ2v) is 18.0. The molecule has 25 heteroatoms. The molecule has 13 N–H and O–H groups in total. The SMILES string of the molecule is CCOc1ccc2c3c([nH]c2c1)S(=O)CC1NC(=O)CNC(=O)C(C(C)CC)NC(=O)CNC(=O)C(C3)NC(=O)C(C(C)C(O)CO)NC(=O)C2CC(O)CN2C(=O)C(CC(N)=O)NC1=O. The van der Waals surface area contributed by atoms with Gasteiger partial charge in [0.1, 0.15) is 47.0 Å². The standard InChI is InChI=1S/C41H58N10O14S/c1-5-18(3)33-38(61)44-13-31(56)45-27-17-66(64)40-23(22-8-7-21(65-6-2)10-24(22)48-40)11-25(35(58)43-14-32(57)49-33)46-39(62)34(19(4)29(54)16-52)50-37(60)28-9-20(53)15-51(28)41(63)26(12-30(42)55)47-36(27)59/h7-8,10,18-20,25-29,33-34,48,52-54H,5-6,9,11-17H2,1-4H3,(H2,42,55)(H,43,58)(H,44,61)(H,45,56)(H,46,62)(H,47,59)(H,49,57)(H,50,60). The lowest BCUT2D eigenvalue weighted by atomic mass is 9.93. The Kier molecular flexibility index (Phi) is 17.2. The van der Waals surface area contributed by atoms with Crippen molar-refractivity contribution < 1.29 is 67.4 Å². The molecule has 0 spiro atoms. The van der Waals surface area contributed by atoms with Crippen LogP contribution < -0.4 is 47.7 Å². The fourth-order valence-electron chi connectivity index (χ4n) is 7.95. The number of carbonyl (C=O) groups is 9. The van der Waals surface area contributed by atoms with Crippen molar-refractivity contribution in [2.24, 2.45) is 17.6 Å². The number of aliphatic hydroxyl groups excluding tert-OH is 3. The number of nitrogens with one attached hydrogen (secondary N) is 8. The van der Waals surface area contributed by atoms with E-state index < -0.39 is 176 Å². The van der Waals surface area contributed by atoms with Gasteiger partial charge in [0.15, 0.2) is 0 Å². The number of rotatable bonds is 9. The lowest BCUT2D eigenvalue weighted by Crippen LogP contribution is -2.62. The first-order valence-corrected chi connectivity index (χ1v) is 22.8. The molecule has 9 amide bonds. The lowest BCUT2D eigenvalue weighted by molar-refractivity contribution is -0.144. The Balaban J connectivity index is 1.75. The quantitative estimate of drug-likeness (QED) is 0.112. The topological polar surface area (TPSA) is 370 Å². The number of ether oxygens (including phenoxy) is 1. The summed E-state index contributed by atoms with van der Waals surface area (Å²) in [6.45, 7) is 3.87. The maximum Gasteiger partial charge on any atom is 0.246 e. The van der Waals surface area contributed by atoms with Gasteiger partial charge in [-0.15, -0.1) is 0 Å². The normalized spacial score (nSPS) is 28.0. The van der Waals surface area contributed by atoms with Crippen molar-refractivity contribution in [3.05, 3.63) is 23.8 Å². The molecule has 66 heavy (non-hydrogen) atoms. The maximum atomic E-state index is 14.7. The van der Waals surface area contributed by atoms with Crippen LogP contribution in [-0.2, 0) is 60.4 Å². The van der Waals surface area contributed by atoms with Gasteiger partial charge < -0.3 is 72.9 Å². The Labute approximate surface area is 381 Å². The van der Waals surface area contributed by atoms with Crippen molar-refractivity contribution in [3.63, 3.8) is 0 Å². The van der Waals surface area contributed by atoms with Gasteiger partial charge in [0.25, 0.3) is 0 Å². The van der Waals surface area contributed by atoms with E-state index in [9.17, 15) is 62.7 Å². The van der Waals surface area contributed by atoms with E-state index in [1.165, 1.54) is 6.92 Å². The Morgan fingerprint density at radius 1 is 0.879 bits per heavy atom. The maximum absolute atomic E-state index is 14.7. The number of primary amides is 1. The second kappa shape index (κ2) is 22.3. The molecule has 0 radical (unpaired) electrons. The molecule has 2 aromatic rings. The van der Waals surface area contributed by atoms with Crippen LogP contribution in [0.25, 0.3) is 10.9 Å². The molecule has 1 aromatic heterocycles. The van der Waals surface area contributed by atoms with E-state index >= 15 is 0 Å². The molecule has 362 valence electrons. The molecule has 4 heterocycles. The molecular formula is C41H58N10O14S. The number of aromatic nitrogens is 1. The molecule has 2 bridgehead atoms.